The largest absolute Gasteiger partial charge is 1.00 e. The van der Waals surface area contributed by atoms with Crippen molar-refractivity contribution in [2.45, 2.75) is 24.9 Å². The lowest BCUT2D eigenvalue weighted by molar-refractivity contribution is -0.0000305. The number of hydrogen-bond donors (Lipinski definition) is 0. The topological polar surface area (TPSA) is 209 Å². The molecule has 0 radical (unpaired) electrons. The molecule has 0 heterocycles. The molecule has 0 spiro atoms. The predicted octanol–water partition coefficient (Wildman–Crippen LogP) is 11.5. The van der Waals surface area contributed by atoms with Crippen LogP contribution in [-0.2, 0) is 26.6 Å². The van der Waals surface area contributed by atoms with E-state index in [4.69, 9.17) is 67.4 Å². The minimum absolute atomic E-state index is 0. The van der Waals surface area contributed by atoms with E-state index in [1.807, 2.05) is 35.2 Å². The van der Waals surface area contributed by atoms with Crippen molar-refractivity contribution < 1.29 is 43.5 Å². The van der Waals surface area contributed by atoms with Gasteiger partial charge in [0.15, 0.2) is 0 Å². The highest BCUT2D eigenvalue weighted by molar-refractivity contribution is 9.09. The first kappa shape index (κ1) is 99.5. The van der Waals surface area contributed by atoms with Crippen LogP contribution >= 0.6 is 89.8 Å². The zero-order valence-electron chi connectivity index (χ0n) is 64.8. The Morgan fingerprint density at radius 3 is 0.856 bits per heavy atom. The number of alkyl halides is 1. The molecule has 0 fully saturated rings. The molecule has 0 rings (SSSR count). The molecule has 0 saturated carbocycles. The van der Waals surface area contributed by atoms with Crippen molar-refractivity contribution in [3.05, 3.63) is 0 Å². The van der Waals surface area contributed by atoms with E-state index in [2.05, 4.69) is 291 Å². The van der Waals surface area contributed by atoms with Crippen LogP contribution in [0.25, 0.3) is 0 Å². The average Bonchev–Trinajstić information content (AvgIpc) is 0.763. The third kappa shape index (κ3) is 28.2. The van der Waals surface area contributed by atoms with E-state index in [1.165, 1.54) is 0 Å². The molecule has 0 aliphatic heterocycles. The van der Waals surface area contributed by atoms with Gasteiger partial charge in [0.1, 0.15) is 29.4 Å². The molecule has 0 atom stereocenters. The smallest absolute Gasteiger partial charge is 0.500 e. The molecular weight excluding hydrogens is 1510 g/mol. The Bertz CT molecular complexity index is 2500. The summed E-state index contributed by atoms with van der Waals surface area (Å²) in [5.41, 5.74) is 0. The standard InChI is InChI=1S/C24H69N11O3P5Si.C18H54N11P5.C6H15BrO3Si.BrH/c1-29(2)40(20,30(3)4)26-42(25-39(17,18)19,27-41(21,31(5)6)32(7)8)28-43(33(9)10,34(11)12)35(13)23-22-24-44(36-14,37-15)38-16;1-19-34(28(10)11,29(12)13)23-33(20-30(14,15)16,21-31(17,24(2)3)25(4)5)22-32(18,26(6)7)27(8)9;1-8-11(9-2,10-3)6-4-5-7;/h22-24H2,1-21H3;1-18H3;4-6H2,1-3H3;1H/q+1;;;/p-1. The molecule has 0 aliphatic rings. The zero-order valence-corrected chi connectivity index (χ0v) is 78.9. The molecule has 0 unspecified atom stereocenters. The second-order valence-corrected chi connectivity index (χ2v) is 67.8. The SMILES string of the molecule is CN=P(N=P(N=P(C)(C)C)(N=P(C)(N(C)C)N(C)C)N=P(C)(N(C)C)N(C)C)(N(C)C)N(C)C.CO[Si](CCCBr)(OC)OC.CO[Si](CCCN(C)P(=N[P+](N=P(C)(C)C)(N=P(C)(N(C)C)N(C)C)N=P(C)(N(C)C)N(C)C)(N(C)C)N(C)C)(OC)OC.[Br-]. The third-order valence-electron chi connectivity index (χ3n) is 14.8. The van der Waals surface area contributed by atoms with Crippen LogP contribution < -0.4 is 17.0 Å². The summed E-state index contributed by atoms with van der Waals surface area (Å²) in [6.07, 6.45) is 1.84. The van der Waals surface area contributed by atoms with Crippen LogP contribution in [0.1, 0.15) is 12.8 Å². The summed E-state index contributed by atoms with van der Waals surface area (Å²) in [5.74, 6) is 0. The first-order chi connectivity index (χ1) is 40.1. The molecule has 0 bridgehead atoms. The van der Waals surface area contributed by atoms with Crippen LogP contribution in [0.15, 0.2) is 40.9 Å². The van der Waals surface area contributed by atoms with Gasteiger partial charge in [-0.2, -0.15) is 13.5 Å². The van der Waals surface area contributed by atoms with Gasteiger partial charge >= 0.3 is 33.0 Å². The first-order valence-corrected chi connectivity index (χ1v) is 55.0. The highest BCUT2D eigenvalue weighted by Crippen LogP contribution is 2.85. The molecule has 0 N–H and O–H groups in total. The molecule has 28 nitrogen and oxygen atoms in total. The van der Waals surface area contributed by atoms with Crippen molar-refractivity contribution in [3.63, 3.8) is 0 Å². The normalized spacial score (nSPS) is 14.1. The summed E-state index contributed by atoms with van der Waals surface area (Å²) in [4.78, 5) is 0. The van der Waals surface area contributed by atoms with Gasteiger partial charge < -0.3 is 43.5 Å². The van der Waals surface area contributed by atoms with Gasteiger partial charge in [-0.15, -0.1) is 0 Å². The van der Waals surface area contributed by atoms with E-state index in [1.54, 1.807) is 42.7 Å². The van der Waals surface area contributed by atoms with Crippen LogP contribution in [-0.4, -0.2) is 383 Å². The molecule has 90 heavy (non-hydrogen) atoms. The van der Waals surface area contributed by atoms with Gasteiger partial charge in [0.05, 0.1) is 0 Å². The zero-order chi connectivity index (χ0) is 71.4. The second-order valence-electron chi connectivity index (χ2n) is 25.5. The summed E-state index contributed by atoms with van der Waals surface area (Å²) >= 11 is 3.35. The number of hydrogen-bond acceptors (Lipinski definition) is 11. The van der Waals surface area contributed by atoms with E-state index in [0.29, 0.717) is 6.04 Å². The predicted molar refractivity (Wildman–Crippen MR) is 419 cm³/mol. The Kier molecular flexibility index (Phi) is 46.3. The fourth-order valence-corrected chi connectivity index (χ4v) is 49.0. The van der Waals surface area contributed by atoms with Crippen molar-refractivity contribution >= 4 is 107 Å². The van der Waals surface area contributed by atoms with E-state index >= 15 is 0 Å². The molecule has 0 saturated heterocycles. The Morgan fingerprint density at radius 1 is 0.356 bits per heavy atom. The minimum Gasteiger partial charge on any atom is -1.00 e. The van der Waals surface area contributed by atoms with E-state index in [0.717, 1.165) is 30.8 Å². The lowest BCUT2D eigenvalue weighted by Crippen LogP contribution is -3.00. The monoisotopic (exact) mass is 1640 g/mol. The molecule has 548 valence electrons. The van der Waals surface area contributed by atoms with Crippen LogP contribution in [0, 0.1) is 0 Å². The van der Waals surface area contributed by atoms with Gasteiger partial charge in [0.2, 0.25) is 15.0 Å². The maximum Gasteiger partial charge on any atom is 0.500 e. The molecular formula is C48H138Br2N22O6P10Si2. The van der Waals surface area contributed by atoms with Crippen LogP contribution in [0.5, 0.6) is 0 Å². The van der Waals surface area contributed by atoms with Crippen LogP contribution in [0.3, 0.4) is 0 Å². The van der Waals surface area contributed by atoms with E-state index < -0.39 is 91.5 Å². The lowest BCUT2D eigenvalue weighted by atomic mass is 10.5. The third-order valence-corrected chi connectivity index (χ3v) is 58.4. The van der Waals surface area contributed by atoms with Gasteiger partial charge in [-0.1, -0.05) is 20.4 Å². The summed E-state index contributed by atoms with van der Waals surface area (Å²) < 4.78 is 113. The van der Waals surface area contributed by atoms with Gasteiger partial charge in [-0.3, -0.25) is 42.1 Å². The van der Waals surface area contributed by atoms with Gasteiger partial charge in [0, 0.05) is 94.1 Å². The molecule has 0 aromatic carbocycles. The summed E-state index contributed by atoms with van der Waals surface area (Å²) in [6.45, 7) is 23.1. The fraction of sp³-hybridized carbons (Fsp3) is 1.00. The molecule has 0 aliphatic carbocycles. The van der Waals surface area contributed by atoms with Gasteiger partial charge in [0.25, 0.3) is 0 Å². The lowest BCUT2D eigenvalue weighted by Gasteiger charge is -2.42. The van der Waals surface area contributed by atoms with Crippen molar-refractivity contribution in [1.29, 1.82) is 0 Å². The highest BCUT2D eigenvalue weighted by Gasteiger charge is 2.52. The summed E-state index contributed by atoms with van der Waals surface area (Å²) in [6, 6.07) is 1.56. The molecule has 0 amide bonds. The van der Waals surface area contributed by atoms with Crippen molar-refractivity contribution in [2.75, 3.05) is 304 Å². The van der Waals surface area contributed by atoms with Crippen molar-refractivity contribution in [3.8, 4) is 0 Å². The number of nitrogens with zero attached hydrogens (tertiary/aromatic N) is 22. The Morgan fingerprint density at radius 2 is 0.644 bits per heavy atom. The second kappa shape index (κ2) is 41.9. The fourth-order valence-electron chi connectivity index (χ4n) is 8.40. The van der Waals surface area contributed by atoms with Crippen molar-refractivity contribution in [2.24, 2.45) is 40.9 Å². The Labute approximate surface area is 578 Å². The van der Waals surface area contributed by atoms with E-state index in [-0.39, 0.29) is 17.0 Å². The highest BCUT2D eigenvalue weighted by atomic mass is 79.9. The van der Waals surface area contributed by atoms with Gasteiger partial charge in [-0.25, -0.2) is 27.9 Å². The number of rotatable bonds is 34. The Balaban J connectivity index is -0.000000710. The minimum atomic E-state index is -3.10. The Hall–Kier alpha value is 3.13. The summed E-state index contributed by atoms with van der Waals surface area (Å²) in [7, 11) is 35.9. The summed E-state index contributed by atoms with van der Waals surface area (Å²) in [5, 5.41) is 0.956. The average molecular weight is 1650 g/mol. The molecule has 42 heteroatoms. The number of halogens is 2. The maximum absolute atomic E-state index is 5.99. The maximum atomic E-state index is 5.99. The van der Waals surface area contributed by atoms with Gasteiger partial charge in [-0.05, 0) is 263 Å². The van der Waals surface area contributed by atoms with Crippen molar-refractivity contribution in [1.82, 2.24) is 60.7 Å². The van der Waals surface area contributed by atoms with E-state index in [9.17, 15) is 0 Å². The molecule has 0 aromatic heterocycles. The van der Waals surface area contributed by atoms with Crippen LogP contribution in [0.4, 0.5) is 0 Å². The molecule has 0 aromatic rings. The van der Waals surface area contributed by atoms with Crippen LogP contribution in [0.2, 0.25) is 12.1 Å². The quantitative estimate of drug-likeness (QED) is 0.0333. The first-order valence-electron chi connectivity index (χ1n) is 29.1.